The summed E-state index contributed by atoms with van der Waals surface area (Å²) in [4.78, 5) is 0. The molecule has 0 aromatic heterocycles. The van der Waals surface area contributed by atoms with Crippen molar-refractivity contribution in [3.63, 3.8) is 0 Å². The van der Waals surface area contributed by atoms with Crippen molar-refractivity contribution in [2.45, 2.75) is 0 Å². The Hall–Kier alpha value is -0.900. The summed E-state index contributed by atoms with van der Waals surface area (Å²) >= 11 is 2.86. The summed E-state index contributed by atoms with van der Waals surface area (Å²) in [6.07, 6.45) is 1.46. The predicted octanol–water partition coefficient (Wildman–Crippen LogP) is 3.29. The maximum Gasteiger partial charge on any atom is 0.201 e. The van der Waals surface area contributed by atoms with Crippen LogP contribution in [0.2, 0.25) is 0 Å². The summed E-state index contributed by atoms with van der Waals surface area (Å²) in [5.41, 5.74) is 0. The van der Waals surface area contributed by atoms with Gasteiger partial charge in [0.2, 0.25) is 5.82 Å². The molecule has 0 saturated carbocycles. The van der Waals surface area contributed by atoms with Crippen LogP contribution < -0.4 is 4.74 Å². The summed E-state index contributed by atoms with van der Waals surface area (Å²) < 4.78 is 30.9. The van der Waals surface area contributed by atoms with Crippen molar-refractivity contribution in [3.8, 4) is 5.75 Å². The van der Waals surface area contributed by atoms with E-state index in [1.165, 1.54) is 18.2 Å². The van der Waals surface area contributed by atoms with Crippen LogP contribution in [0.1, 0.15) is 0 Å². The molecule has 70 valence electrons. The van der Waals surface area contributed by atoms with Gasteiger partial charge in [0.1, 0.15) is 6.61 Å². The Bertz CT molecular complexity index is 326. The average Bonchev–Trinajstić information content (AvgIpc) is 2.13. The highest BCUT2D eigenvalue weighted by Crippen LogP contribution is 2.25. The van der Waals surface area contributed by atoms with Gasteiger partial charge in [-0.1, -0.05) is 12.7 Å². The monoisotopic (exact) mass is 248 g/mol. The lowest BCUT2D eigenvalue weighted by Crippen LogP contribution is -1.97. The number of benzene rings is 1. The topological polar surface area (TPSA) is 9.23 Å². The van der Waals surface area contributed by atoms with Gasteiger partial charge in [0.15, 0.2) is 11.6 Å². The minimum atomic E-state index is -0.990. The maximum absolute atomic E-state index is 13.0. The maximum atomic E-state index is 13.0. The van der Waals surface area contributed by atoms with E-state index in [2.05, 4.69) is 22.5 Å². The van der Waals surface area contributed by atoms with Gasteiger partial charge >= 0.3 is 0 Å². The molecule has 0 aliphatic carbocycles. The number of rotatable bonds is 3. The first-order valence-electron chi connectivity index (χ1n) is 3.54. The molecule has 0 bridgehead atoms. The van der Waals surface area contributed by atoms with Crippen LogP contribution in [-0.2, 0) is 0 Å². The zero-order valence-corrected chi connectivity index (χ0v) is 8.27. The van der Waals surface area contributed by atoms with Gasteiger partial charge in [-0.15, -0.1) is 0 Å². The highest BCUT2D eigenvalue weighted by Gasteiger charge is 2.11. The molecule has 1 nitrogen and oxygen atoms in total. The van der Waals surface area contributed by atoms with Crippen LogP contribution in [0.25, 0.3) is 0 Å². The zero-order valence-electron chi connectivity index (χ0n) is 6.69. The fourth-order valence-corrected chi connectivity index (χ4v) is 1.07. The van der Waals surface area contributed by atoms with Gasteiger partial charge in [0, 0.05) is 0 Å². The summed E-state index contributed by atoms with van der Waals surface area (Å²) in [5, 5.41) is 0. The Morgan fingerprint density at radius 3 is 2.69 bits per heavy atom. The molecule has 0 spiro atoms. The molecule has 4 heteroatoms. The van der Waals surface area contributed by atoms with E-state index in [0.717, 1.165) is 0 Å². The molecule has 0 saturated heterocycles. The minimum Gasteiger partial charge on any atom is -0.486 e. The van der Waals surface area contributed by atoms with Gasteiger partial charge in [-0.3, -0.25) is 0 Å². The lowest BCUT2D eigenvalue weighted by Gasteiger charge is -2.05. The Morgan fingerprint density at radius 2 is 2.08 bits per heavy atom. The molecule has 1 rings (SSSR count). The molecule has 0 unspecified atom stereocenters. The van der Waals surface area contributed by atoms with Gasteiger partial charge in [-0.2, -0.15) is 4.39 Å². The quantitative estimate of drug-likeness (QED) is 0.590. The zero-order chi connectivity index (χ0) is 9.84. The van der Waals surface area contributed by atoms with Crippen LogP contribution in [0.3, 0.4) is 0 Å². The third-order valence-electron chi connectivity index (χ3n) is 1.36. The van der Waals surface area contributed by atoms with E-state index in [0.29, 0.717) is 0 Å². The van der Waals surface area contributed by atoms with E-state index in [9.17, 15) is 8.78 Å². The largest absolute Gasteiger partial charge is 0.486 e. The van der Waals surface area contributed by atoms with E-state index in [-0.39, 0.29) is 16.8 Å². The second kappa shape index (κ2) is 4.37. The van der Waals surface area contributed by atoms with Crippen molar-refractivity contribution in [2.24, 2.45) is 0 Å². The first-order valence-corrected chi connectivity index (χ1v) is 4.33. The fraction of sp³-hybridized carbons (Fsp3) is 0.111. The van der Waals surface area contributed by atoms with Crippen molar-refractivity contribution < 1.29 is 13.5 Å². The molecule has 0 atom stereocenters. The summed E-state index contributed by atoms with van der Waals surface area (Å²) in [7, 11) is 0. The van der Waals surface area contributed by atoms with Crippen molar-refractivity contribution >= 4 is 15.9 Å². The molecule has 0 fully saturated rings. The number of hydrogen-bond acceptors (Lipinski definition) is 1. The molecule has 0 aliphatic heterocycles. The van der Waals surface area contributed by atoms with Gasteiger partial charge in [-0.25, -0.2) is 4.39 Å². The number of ether oxygens (including phenoxy) is 1. The van der Waals surface area contributed by atoms with Crippen LogP contribution in [0.5, 0.6) is 5.75 Å². The summed E-state index contributed by atoms with van der Waals surface area (Å²) in [6, 6.07) is 2.74. The number of halogens is 3. The Labute approximate surface area is 83.1 Å². The average molecular weight is 249 g/mol. The second-order valence-corrected chi connectivity index (χ2v) is 3.13. The van der Waals surface area contributed by atoms with Crippen LogP contribution in [-0.4, -0.2) is 6.61 Å². The van der Waals surface area contributed by atoms with E-state index in [1.807, 2.05) is 0 Å². The third kappa shape index (κ3) is 2.28. The molecule has 1 aromatic rings. The van der Waals surface area contributed by atoms with Crippen LogP contribution >= 0.6 is 15.9 Å². The Morgan fingerprint density at radius 1 is 1.38 bits per heavy atom. The smallest absolute Gasteiger partial charge is 0.201 e. The van der Waals surface area contributed by atoms with Crippen molar-refractivity contribution in [3.05, 3.63) is 40.9 Å². The molecule has 0 radical (unpaired) electrons. The summed E-state index contributed by atoms with van der Waals surface area (Å²) in [5.74, 6) is -2.04. The lowest BCUT2D eigenvalue weighted by atomic mass is 10.3. The van der Waals surface area contributed by atoms with Crippen LogP contribution in [0, 0.1) is 11.6 Å². The molecule has 0 heterocycles. The molecular formula is C9H7BrF2O. The van der Waals surface area contributed by atoms with Gasteiger partial charge in [0.05, 0.1) is 4.47 Å². The van der Waals surface area contributed by atoms with Gasteiger partial charge < -0.3 is 4.74 Å². The molecule has 0 aliphatic rings. The number of hydrogen-bond donors (Lipinski definition) is 0. The molecular weight excluding hydrogens is 242 g/mol. The van der Waals surface area contributed by atoms with Crippen molar-refractivity contribution in [1.29, 1.82) is 0 Å². The Balaban J connectivity index is 2.96. The van der Waals surface area contributed by atoms with E-state index in [1.54, 1.807) is 0 Å². The lowest BCUT2D eigenvalue weighted by molar-refractivity contribution is 0.332. The molecule has 0 N–H and O–H groups in total. The standard InChI is InChI=1S/C9H7BrF2O/c1-2-5-13-7-4-3-6(10)8(11)9(7)12/h2-4H,1,5H2. The third-order valence-corrected chi connectivity index (χ3v) is 1.97. The van der Waals surface area contributed by atoms with E-state index < -0.39 is 11.6 Å². The van der Waals surface area contributed by atoms with E-state index >= 15 is 0 Å². The van der Waals surface area contributed by atoms with Crippen LogP contribution in [0.15, 0.2) is 29.3 Å². The predicted molar refractivity (Wildman–Crippen MR) is 49.8 cm³/mol. The molecule has 13 heavy (non-hydrogen) atoms. The van der Waals surface area contributed by atoms with Crippen molar-refractivity contribution in [1.82, 2.24) is 0 Å². The van der Waals surface area contributed by atoms with Crippen molar-refractivity contribution in [2.75, 3.05) is 6.61 Å². The Kier molecular flexibility index (Phi) is 3.42. The van der Waals surface area contributed by atoms with E-state index in [4.69, 9.17) is 4.74 Å². The fourth-order valence-electron chi connectivity index (χ4n) is 0.768. The normalized spacial score (nSPS) is 9.77. The molecule has 0 amide bonds. The first kappa shape index (κ1) is 10.2. The van der Waals surface area contributed by atoms with Crippen LogP contribution in [0.4, 0.5) is 8.78 Å². The van der Waals surface area contributed by atoms with Gasteiger partial charge in [-0.05, 0) is 28.1 Å². The first-order chi connectivity index (χ1) is 6.16. The summed E-state index contributed by atoms with van der Waals surface area (Å²) in [6.45, 7) is 3.55. The highest BCUT2D eigenvalue weighted by molar-refractivity contribution is 9.10. The SMILES string of the molecule is C=CCOc1ccc(Br)c(F)c1F. The minimum absolute atomic E-state index is 0.0796. The van der Waals surface area contributed by atoms with Gasteiger partial charge in [0.25, 0.3) is 0 Å². The second-order valence-electron chi connectivity index (χ2n) is 2.27. The highest BCUT2D eigenvalue weighted by atomic mass is 79.9. The molecule has 1 aromatic carbocycles.